The highest BCUT2D eigenvalue weighted by Gasteiger charge is 2.19. The Kier molecular flexibility index (Phi) is 2.79. The maximum absolute atomic E-state index is 6.06. The summed E-state index contributed by atoms with van der Waals surface area (Å²) in [5.74, 6) is 0.551. The lowest BCUT2D eigenvalue weighted by molar-refractivity contribution is 0.434. The zero-order chi connectivity index (χ0) is 9.10. The number of rotatable bonds is 1. The Morgan fingerprint density at radius 2 is 2.00 bits per heavy atom. The molecule has 1 saturated carbocycles. The van der Waals surface area contributed by atoms with E-state index in [1.54, 1.807) is 6.20 Å². The van der Waals surface area contributed by atoms with Gasteiger partial charge in [-0.1, -0.05) is 30.9 Å². The quantitative estimate of drug-likeness (QED) is 0.690. The van der Waals surface area contributed by atoms with E-state index in [-0.39, 0.29) is 0 Å². The topological polar surface area (TPSA) is 25.8 Å². The minimum Gasteiger partial charge on any atom is -0.159 e. The molecule has 1 heterocycles. The summed E-state index contributed by atoms with van der Waals surface area (Å²) in [6.07, 6.45) is 8.05. The smallest absolute Gasteiger partial charge is 0.0847 e. The standard InChI is InChI=1S/C10H13ClN2/c11-9-6-7-12-13-10(9)8-4-2-1-3-5-8/h6-8H,1-5H2. The molecule has 1 aliphatic rings. The minimum atomic E-state index is 0.551. The Labute approximate surface area is 83.3 Å². The van der Waals surface area contributed by atoms with Crippen molar-refractivity contribution in [2.45, 2.75) is 38.0 Å². The van der Waals surface area contributed by atoms with E-state index < -0.39 is 0 Å². The van der Waals surface area contributed by atoms with Gasteiger partial charge in [-0.15, -0.1) is 0 Å². The van der Waals surface area contributed by atoms with Crippen molar-refractivity contribution >= 4 is 11.6 Å². The van der Waals surface area contributed by atoms with Crippen LogP contribution in [0.2, 0.25) is 5.02 Å². The third kappa shape index (κ3) is 1.99. The summed E-state index contributed by atoms with van der Waals surface area (Å²) in [6, 6.07) is 1.83. The van der Waals surface area contributed by atoms with Gasteiger partial charge in [0.1, 0.15) is 0 Å². The molecule has 0 amide bonds. The molecule has 0 aromatic carbocycles. The highest BCUT2D eigenvalue weighted by Crippen LogP contribution is 2.34. The lowest BCUT2D eigenvalue weighted by Crippen LogP contribution is -2.07. The summed E-state index contributed by atoms with van der Waals surface area (Å²) in [5, 5.41) is 8.79. The predicted octanol–water partition coefficient (Wildman–Crippen LogP) is 3.18. The fourth-order valence-electron chi connectivity index (χ4n) is 1.98. The number of hydrogen-bond donors (Lipinski definition) is 0. The molecule has 0 bridgehead atoms. The summed E-state index contributed by atoms with van der Waals surface area (Å²) < 4.78 is 0. The number of hydrogen-bond acceptors (Lipinski definition) is 2. The second-order valence-corrected chi connectivity index (χ2v) is 4.01. The summed E-state index contributed by atoms with van der Waals surface area (Å²) in [5.41, 5.74) is 1.00. The van der Waals surface area contributed by atoms with Crippen molar-refractivity contribution in [2.24, 2.45) is 0 Å². The highest BCUT2D eigenvalue weighted by molar-refractivity contribution is 6.31. The molecule has 0 spiro atoms. The molecule has 0 N–H and O–H groups in total. The number of nitrogens with zero attached hydrogens (tertiary/aromatic N) is 2. The SMILES string of the molecule is Clc1ccnnc1C1CCCCC1. The van der Waals surface area contributed by atoms with Crippen LogP contribution in [-0.4, -0.2) is 10.2 Å². The van der Waals surface area contributed by atoms with Crippen LogP contribution in [0.3, 0.4) is 0 Å². The minimum absolute atomic E-state index is 0.551. The van der Waals surface area contributed by atoms with Gasteiger partial charge in [-0.05, 0) is 18.9 Å². The van der Waals surface area contributed by atoms with E-state index in [2.05, 4.69) is 10.2 Å². The molecule has 1 fully saturated rings. The van der Waals surface area contributed by atoms with E-state index in [1.807, 2.05) is 6.07 Å². The van der Waals surface area contributed by atoms with E-state index in [4.69, 9.17) is 11.6 Å². The van der Waals surface area contributed by atoms with Gasteiger partial charge >= 0.3 is 0 Å². The van der Waals surface area contributed by atoms with Gasteiger partial charge < -0.3 is 0 Å². The van der Waals surface area contributed by atoms with Gasteiger partial charge in [0.05, 0.1) is 16.9 Å². The normalized spacial score (nSPS) is 18.8. The first-order chi connectivity index (χ1) is 6.38. The average Bonchev–Trinajstić information content (AvgIpc) is 2.20. The summed E-state index contributed by atoms with van der Waals surface area (Å²) in [7, 11) is 0. The molecule has 2 nitrogen and oxygen atoms in total. The van der Waals surface area contributed by atoms with E-state index in [0.29, 0.717) is 5.92 Å². The van der Waals surface area contributed by atoms with Crippen molar-refractivity contribution in [3.05, 3.63) is 23.0 Å². The van der Waals surface area contributed by atoms with E-state index >= 15 is 0 Å². The van der Waals surface area contributed by atoms with Gasteiger partial charge in [-0.25, -0.2) is 0 Å². The van der Waals surface area contributed by atoms with Crippen LogP contribution in [0, 0.1) is 0 Å². The lowest BCUT2D eigenvalue weighted by Gasteiger charge is -2.20. The first-order valence-corrected chi connectivity index (χ1v) is 5.23. The third-order valence-electron chi connectivity index (χ3n) is 2.69. The molecule has 0 radical (unpaired) electrons. The molecular formula is C10H13ClN2. The molecule has 2 rings (SSSR count). The molecule has 70 valence electrons. The predicted molar refractivity (Wildman–Crippen MR) is 52.9 cm³/mol. The molecule has 1 aliphatic carbocycles. The van der Waals surface area contributed by atoms with E-state index in [1.165, 1.54) is 32.1 Å². The summed E-state index contributed by atoms with van der Waals surface area (Å²) in [6.45, 7) is 0. The third-order valence-corrected chi connectivity index (χ3v) is 3.01. The maximum Gasteiger partial charge on any atom is 0.0847 e. The van der Waals surface area contributed by atoms with Crippen LogP contribution in [0.5, 0.6) is 0 Å². The van der Waals surface area contributed by atoms with Gasteiger partial charge in [-0.2, -0.15) is 10.2 Å². The largest absolute Gasteiger partial charge is 0.159 e. The van der Waals surface area contributed by atoms with Crippen molar-refractivity contribution in [2.75, 3.05) is 0 Å². The van der Waals surface area contributed by atoms with Crippen LogP contribution in [0.25, 0.3) is 0 Å². The van der Waals surface area contributed by atoms with Crippen molar-refractivity contribution in [3.63, 3.8) is 0 Å². The number of aromatic nitrogens is 2. The molecule has 0 atom stereocenters. The van der Waals surface area contributed by atoms with Crippen LogP contribution in [-0.2, 0) is 0 Å². The Hall–Kier alpha value is -0.630. The van der Waals surface area contributed by atoms with Gasteiger partial charge in [0.15, 0.2) is 0 Å². The zero-order valence-electron chi connectivity index (χ0n) is 7.54. The van der Waals surface area contributed by atoms with Crippen LogP contribution in [0.1, 0.15) is 43.7 Å². The Balaban J connectivity index is 2.18. The second-order valence-electron chi connectivity index (χ2n) is 3.60. The van der Waals surface area contributed by atoms with Crippen molar-refractivity contribution in [1.29, 1.82) is 0 Å². The Morgan fingerprint density at radius 3 is 2.69 bits per heavy atom. The van der Waals surface area contributed by atoms with Crippen LogP contribution < -0.4 is 0 Å². The van der Waals surface area contributed by atoms with Gasteiger partial charge in [-0.3, -0.25) is 0 Å². The average molecular weight is 197 g/mol. The molecule has 0 unspecified atom stereocenters. The van der Waals surface area contributed by atoms with Gasteiger partial charge in [0.2, 0.25) is 0 Å². The molecular weight excluding hydrogens is 184 g/mol. The lowest BCUT2D eigenvalue weighted by atomic mass is 9.87. The maximum atomic E-state index is 6.06. The van der Waals surface area contributed by atoms with Crippen LogP contribution >= 0.6 is 11.6 Å². The zero-order valence-corrected chi connectivity index (χ0v) is 8.30. The van der Waals surface area contributed by atoms with Crippen LogP contribution in [0.4, 0.5) is 0 Å². The Morgan fingerprint density at radius 1 is 1.23 bits per heavy atom. The summed E-state index contributed by atoms with van der Waals surface area (Å²) in [4.78, 5) is 0. The summed E-state index contributed by atoms with van der Waals surface area (Å²) >= 11 is 6.06. The first-order valence-electron chi connectivity index (χ1n) is 4.85. The van der Waals surface area contributed by atoms with Gasteiger partial charge in [0, 0.05) is 5.92 Å². The Bertz CT molecular complexity index is 282. The highest BCUT2D eigenvalue weighted by atomic mass is 35.5. The van der Waals surface area contributed by atoms with Gasteiger partial charge in [0.25, 0.3) is 0 Å². The van der Waals surface area contributed by atoms with Crippen molar-refractivity contribution in [1.82, 2.24) is 10.2 Å². The first kappa shape index (κ1) is 8.95. The van der Waals surface area contributed by atoms with Crippen molar-refractivity contribution < 1.29 is 0 Å². The molecule has 1 aromatic rings. The molecule has 0 saturated heterocycles. The molecule has 0 aliphatic heterocycles. The number of halogens is 1. The van der Waals surface area contributed by atoms with E-state index in [0.717, 1.165) is 10.7 Å². The molecule has 1 aromatic heterocycles. The second kappa shape index (κ2) is 4.05. The van der Waals surface area contributed by atoms with Crippen molar-refractivity contribution in [3.8, 4) is 0 Å². The van der Waals surface area contributed by atoms with E-state index in [9.17, 15) is 0 Å². The fourth-order valence-corrected chi connectivity index (χ4v) is 2.23. The monoisotopic (exact) mass is 196 g/mol. The molecule has 13 heavy (non-hydrogen) atoms. The molecule has 3 heteroatoms. The fraction of sp³-hybridized carbons (Fsp3) is 0.600. The van der Waals surface area contributed by atoms with Crippen LogP contribution in [0.15, 0.2) is 12.3 Å².